The van der Waals surface area contributed by atoms with Gasteiger partial charge in [-0.1, -0.05) is 23.7 Å². The second kappa shape index (κ2) is 8.55. The summed E-state index contributed by atoms with van der Waals surface area (Å²) >= 11 is 6.36. The molecule has 1 amide bonds. The lowest BCUT2D eigenvalue weighted by Gasteiger charge is -2.13. The Bertz CT molecular complexity index is 1330. The van der Waals surface area contributed by atoms with Gasteiger partial charge in [0.15, 0.2) is 11.3 Å². The predicted molar refractivity (Wildman–Crippen MR) is 122 cm³/mol. The molecule has 1 aliphatic rings. The smallest absolute Gasteiger partial charge is 0.337 e. The van der Waals surface area contributed by atoms with Crippen molar-refractivity contribution in [3.8, 4) is 16.9 Å². The number of ether oxygens (including phenoxy) is 2. The summed E-state index contributed by atoms with van der Waals surface area (Å²) < 4.78 is 12.5. The molecule has 0 bridgehead atoms. The molecule has 0 spiro atoms. The molecule has 166 valence electrons. The topological polar surface area (TPSA) is 94.8 Å². The van der Waals surface area contributed by atoms with E-state index in [-0.39, 0.29) is 12.0 Å². The maximum atomic E-state index is 12.6. The molecule has 33 heavy (non-hydrogen) atoms. The van der Waals surface area contributed by atoms with Gasteiger partial charge in [0.05, 0.1) is 19.2 Å². The second-order valence-electron chi connectivity index (χ2n) is 7.62. The number of carbonyl (C=O) groups is 2. The number of rotatable bonds is 5. The summed E-state index contributed by atoms with van der Waals surface area (Å²) in [5, 5.41) is 7.71. The maximum Gasteiger partial charge on any atom is 0.337 e. The van der Waals surface area contributed by atoms with Gasteiger partial charge in [-0.05, 0) is 35.9 Å². The summed E-state index contributed by atoms with van der Waals surface area (Å²) in [5.41, 5.74) is 4.01. The Kier molecular flexibility index (Phi) is 5.43. The zero-order valence-corrected chi connectivity index (χ0v) is 18.4. The van der Waals surface area contributed by atoms with Crippen LogP contribution in [0.25, 0.3) is 16.8 Å². The zero-order valence-electron chi connectivity index (χ0n) is 17.6. The van der Waals surface area contributed by atoms with E-state index in [1.807, 2.05) is 24.3 Å². The van der Waals surface area contributed by atoms with E-state index in [0.717, 1.165) is 22.4 Å². The summed E-state index contributed by atoms with van der Waals surface area (Å²) in [5.74, 6) is 0.0319. The Morgan fingerprint density at radius 2 is 2.06 bits per heavy atom. The molecule has 0 fully saturated rings. The second-order valence-corrected chi connectivity index (χ2v) is 8.05. The molecule has 0 radical (unpaired) electrons. The Morgan fingerprint density at radius 3 is 2.82 bits per heavy atom. The average Bonchev–Trinajstić information content (AvgIpc) is 3.45. The van der Waals surface area contributed by atoms with Crippen molar-refractivity contribution in [3.63, 3.8) is 0 Å². The Hall–Kier alpha value is -3.91. The molecule has 2 aromatic heterocycles. The molecule has 0 saturated carbocycles. The summed E-state index contributed by atoms with van der Waals surface area (Å²) in [6.45, 7) is 0.313. The van der Waals surface area contributed by atoms with Crippen LogP contribution in [0.1, 0.15) is 26.4 Å². The maximum absolute atomic E-state index is 12.6. The molecule has 3 heterocycles. The van der Waals surface area contributed by atoms with Crippen molar-refractivity contribution >= 4 is 29.1 Å². The Morgan fingerprint density at radius 1 is 1.24 bits per heavy atom. The zero-order chi connectivity index (χ0) is 22.9. The third kappa shape index (κ3) is 4.12. The standard InChI is InChI=1S/C24H19ClN4O4/c1-32-24(31)15-5-3-14(4-6-15)19-11-17(25)9-16-10-18(33-22(16)19)13-27-23(30)20-12-21-26-7-2-8-29(21)28-20/h2-9,11-12,18H,10,13H2,1H3,(H,27,30). The van der Waals surface area contributed by atoms with Crippen molar-refractivity contribution in [1.29, 1.82) is 0 Å². The minimum atomic E-state index is -0.397. The first-order valence-electron chi connectivity index (χ1n) is 10.3. The minimum absolute atomic E-state index is 0.245. The molecule has 2 aromatic carbocycles. The van der Waals surface area contributed by atoms with Crippen LogP contribution in [0.2, 0.25) is 5.02 Å². The normalized spacial score (nSPS) is 14.5. The summed E-state index contributed by atoms with van der Waals surface area (Å²) in [6, 6.07) is 14.1. The van der Waals surface area contributed by atoms with Crippen LogP contribution < -0.4 is 10.1 Å². The van der Waals surface area contributed by atoms with Crippen LogP contribution in [0, 0.1) is 0 Å². The highest BCUT2D eigenvalue weighted by Gasteiger charge is 2.27. The molecule has 8 nitrogen and oxygen atoms in total. The fourth-order valence-corrected chi connectivity index (χ4v) is 4.11. The van der Waals surface area contributed by atoms with Crippen LogP contribution in [-0.4, -0.2) is 46.2 Å². The molecule has 1 atom stereocenters. The van der Waals surface area contributed by atoms with E-state index < -0.39 is 5.97 Å². The molecule has 0 saturated heterocycles. The first-order chi connectivity index (χ1) is 16.0. The molecular weight excluding hydrogens is 444 g/mol. The van der Waals surface area contributed by atoms with Crippen LogP contribution in [0.3, 0.4) is 0 Å². The number of methoxy groups -OCH3 is 1. The Labute approximate surface area is 194 Å². The lowest BCUT2D eigenvalue weighted by molar-refractivity contribution is 0.0600. The lowest BCUT2D eigenvalue weighted by Crippen LogP contribution is -2.34. The highest BCUT2D eigenvalue weighted by Crippen LogP contribution is 2.41. The minimum Gasteiger partial charge on any atom is -0.487 e. The lowest BCUT2D eigenvalue weighted by atomic mass is 9.99. The third-order valence-electron chi connectivity index (χ3n) is 5.44. The van der Waals surface area contributed by atoms with Gasteiger partial charge >= 0.3 is 5.97 Å². The summed E-state index contributed by atoms with van der Waals surface area (Å²) in [4.78, 5) is 28.5. The molecule has 1 N–H and O–H groups in total. The number of halogens is 1. The number of fused-ring (bicyclic) bond motifs is 2. The number of aromatic nitrogens is 3. The molecule has 9 heteroatoms. The van der Waals surface area contributed by atoms with E-state index in [0.29, 0.717) is 34.9 Å². The molecule has 1 unspecified atom stereocenters. The van der Waals surface area contributed by atoms with Crippen molar-refractivity contribution in [3.05, 3.63) is 82.8 Å². The summed E-state index contributed by atoms with van der Waals surface area (Å²) in [7, 11) is 1.35. The van der Waals surface area contributed by atoms with Gasteiger partial charge in [0.1, 0.15) is 11.9 Å². The van der Waals surface area contributed by atoms with Gasteiger partial charge in [0.2, 0.25) is 0 Å². The number of amides is 1. The third-order valence-corrected chi connectivity index (χ3v) is 5.66. The van der Waals surface area contributed by atoms with Crippen LogP contribution in [0.4, 0.5) is 0 Å². The number of esters is 1. The monoisotopic (exact) mass is 462 g/mol. The van der Waals surface area contributed by atoms with Gasteiger partial charge in [0.25, 0.3) is 5.91 Å². The largest absolute Gasteiger partial charge is 0.487 e. The van der Waals surface area contributed by atoms with E-state index >= 15 is 0 Å². The number of hydrogen-bond donors (Lipinski definition) is 1. The van der Waals surface area contributed by atoms with Gasteiger partial charge in [0, 0.05) is 41.0 Å². The highest BCUT2D eigenvalue weighted by atomic mass is 35.5. The number of nitrogens with zero attached hydrogens (tertiary/aromatic N) is 3. The predicted octanol–water partition coefficient (Wildman–Crippen LogP) is 3.57. The van der Waals surface area contributed by atoms with E-state index in [9.17, 15) is 9.59 Å². The van der Waals surface area contributed by atoms with Crippen molar-refractivity contribution in [2.45, 2.75) is 12.5 Å². The van der Waals surface area contributed by atoms with Gasteiger partial charge in [-0.3, -0.25) is 4.79 Å². The van der Waals surface area contributed by atoms with Crippen LogP contribution in [-0.2, 0) is 11.2 Å². The van der Waals surface area contributed by atoms with E-state index in [2.05, 4.69) is 15.4 Å². The van der Waals surface area contributed by atoms with Gasteiger partial charge in [-0.2, -0.15) is 5.10 Å². The molecule has 0 aliphatic carbocycles. The van der Waals surface area contributed by atoms with E-state index in [1.54, 1.807) is 41.2 Å². The van der Waals surface area contributed by atoms with Crippen molar-refractivity contribution in [1.82, 2.24) is 19.9 Å². The Balaban J connectivity index is 1.31. The highest BCUT2D eigenvalue weighted by molar-refractivity contribution is 6.31. The van der Waals surface area contributed by atoms with Crippen molar-refractivity contribution < 1.29 is 19.1 Å². The average molecular weight is 463 g/mol. The van der Waals surface area contributed by atoms with Crippen molar-refractivity contribution in [2.75, 3.05) is 13.7 Å². The van der Waals surface area contributed by atoms with Gasteiger partial charge in [-0.25, -0.2) is 14.3 Å². The van der Waals surface area contributed by atoms with Crippen molar-refractivity contribution in [2.24, 2.45) is 0 Å². The number of hydrogen-bond acceptors (Lipinski definition) is 6. The van der Waals surface area contributed by atoms with E-state index in [4.69, 9.17) is 21.1 Å². The molecular formula is C24H19ClN4O4. The number of nitrogens with one attached hydrogen (secondary N) is 1. The first kappa shape index (κ1) is 21.0. The SMILES string of the molecule is COC(=O)c1ccc(-c2cc(Cl)cc3c2OC(CNC(=O)c2cc4ncccn4n2)C3)cc1. The number of benzene rings is 2. The van der Waals surface area contributed by atoms with Gasteiger partial charge < -0.3 is 14.8 Å². The molecule has 1 aliphatic heterocycles. The summed E-state index contributed by atoms with van der Waals surface area (Å²) in [6.07, 6.45) is 3.74. The fourth-order valence-electron chi connectivity index (χ4n) is 3.86. The first-order valence-corrected chi connectivity index (χ1v) is 10.7. The number of carbonyl (C=O) groups excluding carboxylic acids is 2. The van der Waals surface area contributed by atoms with E-state index in [1.165, 1.54) is 7.11 Å². The molecule has 5 rings (SSSR count). The fraction of sp³-hybridized carbons (Fsp3) is 0.167. The quantitative estimate of drug-likeness (QED) is 0.456. The van der Waals surface area contributed by atoms with Gasteiger partial charge in [-0.15, -0.1) is 0 Å². The van der Waals surface area contributed by atoms with Crippen LogP contribution in [0.15, 0.2) is 60.9 Å². The molecule has 4 aromatic rings. The van der Waals surface area contributed by atoms with Crippen LogP contribution in [0.5, 0.6) is 5.75 Å². The van der Waals surface area contributed by atoms with Crippen LogP contribution >= 0.6 is 11.6 Å².